The first-order valence-electron chi connectivity index (χ1n) is 5.92. The van der Waals surface area contributed by atoms with Crippen molar-refractivity contribution in [2.24, 2.45) is 0 Å². The number of esters is 1. The molecule has 0 spiro atoms. The van der Waals surface area contributed by atoms with Crippen LogP contribution in [0.25, 0.3) is 0 Å². The van der Waals surface area contributed by atoms with Crippen molar-refractivity contribution in [2.75, 3.05) is 32.8 Å². The van der Waals surface area contributed by atoms with Crippen LogP contribution in [0.3, 0.4) is 0 Å². The van der Waals surface area contributed by atoms with Crippen LogP contribution in [-0.4, -0.2) is 65.8 Å². The summed E-state index contributed by atoms with van der Waals surface area (Å²) in [5.74, 6) is -0.194. The van der Waals surface area contributed by atoms with Crippen LogP contribution in [0.2, 0.25) is 0 Å². The van der Waals surface area contributed by atoms with E-state index in [2.05, 4.69) is 4.90 Å². The van der Waals surface area contributed by atoms with Crippen molar-refractivity contribution >= 4 is 12.1 Å². The van der Waals surface area contributed by atoms with E-state index in [1.54, 1.807) is 6.92 Å². The normalized spacial score (nSPS) is 21.3. The van der Waals surface area contributed by atoms with Crippen molar-refractivity contribution in [3.8, 4) is 0 Å². The van der Waals surface area contributed by atoms with Crippen LogP contribution in [0.15, 0.2) is 0 Å². The quantitative estimate of drug-likeness (QED) is 0.734. The Kier molecular flexibility index (Phi) is 5.21. The number of piperazine rings is 1. The Balaban J connectivity index is 2.32. The number of carboxylic acid groups (broad SMARTS) is 1. The highest BCUT2D eigenvalue weighted by Crippen LogP contribution is 2.10. The highest BCUT2D eigenvalue weighted by Gasteiger charge is 2.26. The van der Waals surface area contributed by atoms with E-state index in [4.69, 9.17) is 9.84 Å². The number of nitrogens with zero attached hydrogens (tertiary/aromatic N) is 2. The minimum absolute atomic E-state index is 0.147. The van der Waals surface area contributed by atoms with Gasteiger partial charge in [-0.05, 0) is 13.8 Å². The Labute approximate surface area is 101 Å². The Morgan fingerprint density at radius 3 is 2.65 bits per heavy atom. The van der Waals surface area contributed by atoms with Crippen molar-refractivity contribution < 1.29 is 19.4 Å². The highest BCUT2D eigenvalue weighted by molar-refractivity contribution is 5.69. The summed E-state index contributed by atoms with van der Waals surface area (Å²) in [5, 5.41) is 8.86. The molecule has 1 heterocycles. The molecule has 0 aromatic heterocycles. The fraction of sp³-hybridized carbons (Fsp3) is 0.818. The van der Waals surface area contributed by atoms with Gasteiger partial charge in [-0.15, -0.1) is 0 Å². The monoisotopic (exact) mass is 244 g/mol. The fourth-order valence-corrected chi connectivity index (χ4v) is 1.97. The second kappa shape index (κ2) is 6.44. The zero-order chi connectivity index (χ0) is 12.8. The molecule has 0 aliphatic carbocycles. The van der Waals surface area contributed by atoms with Gasteiger partial charge in [0.25, 0.3) is 0 Å². The second-order valence-electron chi connectivity index (χ2n) is 4.17. The van der Waals surface area contributed by atoms with Crippen LogP contribution >= 0.6 is 0 Å². The van der Waals surface area contributed by atoms with Gasteiger partial charge in [-0.1, -0.05) is 0 Å². The average molecular weight is 244 g/mol. The maximum Gasteiger partial charge on any atom is 0.407 e. The molecule has 1 fully saturated rings. The third-order valence-corrected chi connectivity index (χ3v) is 2.94. The van der Waals surface area contributed by atoms with Crippen molar-refractivity contribution in [3.63, 3.8) is 0 Å². The number of hydrogen-bond acceptors (Lipinski definition) is 4. The lowest BCUT2D eigenvalue weighted by Gasteiger charge is -2.38. The number of amides is 1. The Hall–Kier alpha value is -1.30. The summed E-state index contributed by atoms with van der Waals surface area (Å²) in [6, 6.07) is 0.147. The molecule has 0 aromatic carbocycles. The molecule has 0 aromatic rings. The van der Waals surface area contributed by atoms with E-state index in [-0.39, 0.29) is 12.0 Å². The molecule has 1 aliphatic rings. The second-order valence-corrected chi connectivity index (χ2v) is 4.17. The molecule has 0 unspecified atom stereocenters. The van der Waals surface area contributed by atoms with Gasteiger partial charge >= 0.3 is 12.1 Å². The maximum absolute atomic E-state index is 11.2. The Morgan fingerprint density at radius 2 is 2.12 bits per heavy atom. The van der Waals surface area contributed by atoms with Gasteiger partial charge in [-0.25, -0.2) is 4.79 Å². The smallest absolute Gasteiger partial charge is 0.407 e. The first-order chi connectivity index (χ1) is 8.04. The van der Waals surface area contributed by atoms with Crippen LogP contribution in [-0.2, 0) is 9.53 Å². The molecule has 0 radical (unpaired) electrons. The molecule has 1 amide bonds. The summed E-state index contributed by atoms with van der Waals surface area (Å²) in [5.41, 5.74) is 0. The van der Waals surface area contributed by atoms with Crippen molar-refractivity contribution in [1.29, 1.82) is 0 Å². The van der Waals surface area contributed by atoms with Gasteiger partial charge in [-0.2, -0.15) is 0 Å². The summed E-state index contributed by atoms with van der Waals surface area (Å²) < 4.78 is 4.86. The minimum Gasteiger partial charge on any atom is -0.466 e. The predicted molar refractivity (Wildman–Crippen MR) is 61.9 cm³/mol. The van der Waals surface area contributed by atoms with E-state index < -0.39 is 6.09 Å². The molecule has 1 atom stereocenters. The average Bonchev–Trinajstić information content (AvgIpc) is 2.27. The van der Waals surface area contributed by atoms with Crippen molar-refractivity contribution in [1.82, 2.24) is 9.80 Å². The first-order valence-corrected chi connectivity index (χ1v) is 5.92. The molecule has 6 heteroatoms. The van der Waals surface area contributed by atoms with E-state index in [9.17, 15) is 9.59 Å². The first kappa shape index (κ1) is 13.8. The van der Waals surface area contributed by atoms with E-state index >= 15 is 0 Å². The van der Waals surface area contributed by atoms with Crippen molar-refractivity contribution in [3.05, 3.63) is 0 Å². The van der Waals surface area contributed by atoms with Gasteiger partial charge in [0, 0.05) is 32.2 Å². The molecule has 1 saturated heterocycles. The molecule has 1 N–H and O–H groups in total. The number of hydrogen-bond donors (Lipinski definition) is 1. The van der Waals surface area contributed by atoms with Gasteiger partial charge in [0.15, 0.2) is 0 Å². The van der Waals surface area contributed by atoms with Crippen LogP contribution in [0.4, 0.5) is 4.79 Å². The Morgan fingerprint density at radius 1 is 1.41 bits per heavy atom. The van der Waals surface area contributed by atoms with E-state index in [1.165, 1.54) is 4.90 Å². The van der Waals surface area contributed by atoms with Gasteiger partial charge in [0.2, 0.25) is 0 Å². The van der Waals surface area contributed by atoms with Gasteiger partial charge in [0.1, 0.15) is 0 Å². The summed E-state index contributed by atoms with van der Waals surface area (Å²) in [4.78, 5) is 25.5. The summed E-state index contributed by atoms with van der Waals surface area (Å²) >= 11 is 0. The SMILES string of the molecule is CCOC(=O)CCN1CCN(C(=O)O)C[C@H]1C. The number of carbonyl (C=O) groups is 2. The largest absolute Gasteiger partial charge is 0.466 e. The number of ether oxygens (including phenoxy) is 1. The lowest BCUT2D eigenvalue weighted by atomic mass is 10.2. The zero-order valence-electron chi connectivity index (χ0n) is 10.4. The topological polar surface area (TPSA) is 70.1 Å². The van der Waals surface area contributed by atoms with E-state index in [0.717, 1.165) is 0 Å². The number of rotatable bonds is 4. The van der Waals surface area contributed by atoms with Gasteiger partial charge in [0.05, 0.1) is 13.0 Å². The van der Waals surface area contributed by atoms with Crippen LogP contribution in [0, 0.1) is 0 Å². The molecule has 0 bridgehead atoms. The van der Waals surface area contributed by atoms with Crippen LogP contribution in [0.5, 0.6) is 0 Å². The third-order valence-electron chi connectivity index (χ3n) is 2.94. The van der Waals surface area contributed by atoms with Crippen molar-refractivity contribution in [2.45, 2.75) is 26.3 Å². The lowest BCUT2D eigenvalue weighted by molar-refractivity contribution is -0.143. The summed E-state index contributed by atoms with van der Waals surface area (Å²) in [6.45, 7) is 6.47. The lowest BCUT2D eigenvalue weighted by Crippen LogP contribution is -2.53. The number of carbonyl (C=O) groups excluding carboxylic acids is 1. The highest BCUT2D eigenvalue weighted by atomic mass is 16.5. The molecule has 6 nitrogen and oxygen atoms in total. The maximum atomic E-state index is 11.2. The molecule has 98 valence electrons. The summed E-state index contributed by atoms with van der Waals surface area (Å²) in [6.07, 6.45) is -0.507. The standard InChI is InChI=1S/C11H20N2O4/c1-3-17-10(14)4-5-12-6-7-13(11(15)16)8-9(12)2/h9H,3-8H2,1-2H3,(H,15,16)/t9-/m1/s1. The van der Waals surface area contributed by atoms with Gasteiger partial charge < -0.3 is 14.7 Å². The predicted octanol–water partition coefficient (Wildman–Crippen LogP) is 0.624. The minimum atomic E-state index is -0.873. The molecule has 1 rings (SSSR count). The molecular weight excluding hydrogens is 224 g/mol. The fourth-order valence-electron chi connectivity index (χ4n) is 1.97. The molecule has 0 saturated carbocycles. The van der Waals surface area contributed by atoms with Crippen LogP contribution in [0.1, 0.15) is 20.3 Å². The Bertz CT molecular complexity index is 283. The molecule has 17 heavy (non-hydrogen) atoms. The third kappa shape index (κ3) is 4.22. The molecule has 1 aliphatic heterocycles. The zero-order valence-corrected chi connectivity index (χ0v) is 10.4. The van der Waals surface area contributed by atoms with Crippen LogP contribution < -0.4 is 0 Å². The summed E-state index contributed by atoms with van der Waals surface area (Å²) in [7, 11) is 0. The van der Waals surface area contributed by atoms with E-state index in [0.29, 0.717) is 39.2 Å². The van der Waals surface area contributed by atoms with Gasteiger partial charge in [-0.3, -0.25) is 9.69 Å². The molecular formula is C11H20N2O4. The van der Waals surface area contributed by atoms with E-state index in [1.807, 2.05) is 6.92 Å².